The Hall–Kier alpha value is -3.25. The lowest BCUT2D eigenvalue weighted by Crippen LogP contribution is -2.09. The Labute approximate surface area is 178 Å². The van der Waals surface area contributed by atoms with Crippen LogP contribution in [0.15, 0.2) is 60.9 Å². The quantitative estimate of drug-likeness (QED) is 0.323. The molecule has 1 aromatic heterocycles. The predicted octanol–water partition coefficient (Wildman–Crippen LogP) is 4.48. The van der Waals surface area contributed by atoms with Crippen molar-refractivity contribution in [1.29, 1.82) is 0 Å². The van der Waals surface area contributed by atoms with Crippen LogP contribution < -0.4 is 4.74 Å². The van der Waals surface area contributed by atoms with Gasteiger partial charge in [-0.3, -0.25) is 0 Å². The molecular formula is C22H21ClN2O4. The van der Waals surface area contributed by atoms with E-state index in [1.807, 2.05) is 12.1 Å². The van der Waals surface area contributed by atoms with Gasteiger partial charge >= 0.3 is 5.97 Å². The highest BCUT2D eigenvalue weighted by Gasteiger charge is 2.17. The number of aromatic nitrogens is 2. The third-order valence-electron chi connectivity index (χ3n) is 4.21. The van der Waals surface area contributed by atoms with Crippen molar-refractivity contribution in [3.05, 3.63) is 77.0 Å². The highest BCUT2D eigenvalue weighted by atomic mass is 35.5. The summed E-state index contributed by atoms with van der Waals surface area (Å²) in [6, 6.07) is 16.0. The number of hydrogen-bond donors (Lipinski definition) is 0. The van der Waals surface area contributed by atoms with E-state index in [0.29, 0.717) is 27.7 Å². The number of nitrogens with zero attached hydrogens (tertiary/aromatic N) is 2. The Balaban J connectivity index is 1.83. The summed E-state index contributed by atoms with van der Waals surface area (Å²) in [6.07, 6.45) is 1.15. The van der Waals surface area contributed by atoms with Gasteiger partial charge in [0.1, 0.15) is 12.2 Å². The minimum Gasteiger partial charge on any atom is -0.503 e. The Morgan fingerprint density at radius 3 is 2.72 bits per heavy atom. The van der Waals surface area contributed by atoms with Gasteiger partial charge in [-0.1, -0.05) is 48.0 Å². The fourth-order valence-electron chi connectivity index (χ4n) is 2.80. The zero-order valence-electron chi connectivity index (χ0n) is 18.9. The molecule has 0 fully saturated rings. The molecule has 0 radical (unpaired) electrons. The molecule has 150 valence electrons. The molecule has 0 amide bonds. The van der Waals surface area contributed by atoms with Crippen molar-refractivity contribution in [1.82, 2.24) is 9.78 Å². The van der Waals surface area contributed by atoms with E-state index in [0.717, 1.165) is 11.8 Å². The van der Waals surface area contributed by atoms with E-state index in [4.69, 9.17) is 25.2 Å². The van der Waals surface area contributed by atoms with Gasteiger partial charge in [-0.2, -0.15) is 5.10 Å². The standard InChI is InChI=1S/C22H21ClN2O4/c1-25-21(12-20(24-25)15-8-10-17(23)11-9-15)29-13-16-6-4-5-7-18(16)19(14-27-2)22(26)28-3/h4-12,14H,13H2,1-3H3/b19-14+/i3D3. The summed E-state index contributed by atoms with van der Waals surface area (Å²) in [4.78, 5) is 12.4. The number of aryl methyl sites for hydroxylation is 1. The molecule has 7 heteroatoms. The van der Waals surface area contributed by atoms with Gasteiger partial charge in [0.25, 0.3) is 0 Å². The highest BCUT2D eigenvalue weighted by Crippen LogP contribution is 2.26. The van der Waals surface area contributed by atoms with Crippen LogP contribution in [-0.2, 0) is 27.9 Å². The van der Waals surface area contributed by atoms with E-state index >= 15 is 0 Å². The summed E-state index contributed by atoms with van der Waals surface area (Å²) in [6.45, 7) is 0.0951. The van der Waals surface area contributed by atoms with Crippen molar-refractivity contribution >= 4 is 23.1 Å². The number of benzene rings is 2. The first-order valence-corrected chi connectivity index (χ1v) is 9.03. The minimum atomic E-state index is -2.87. The van der Waals surface area contributed by atoms with Crippen molar-refractivity contribution in [2.24, 2.45) is 7.05 Å². The molecule has 6 nitrogen and oxygen atoms in total. The van der Waals surface area contributed by atoms with Crippen molar-refractivity contribution in [2.75, 3.05) is 14.1 Å². The van der Waals surface area contributed by atoms with Crippen molar-refractivity contribution in [2.45, 2.75) is 6.61 Å². The molecule has 29 heavy (non-hydrogen) atoms. The maximum absolute atomic E-state index is 12.4. The monoisotopic (exact) mass is 415 g/mol. The van der Waals surface area contributed by atoms with E-state index < -0.39 is 13.0 Å². The molecule has 0 aliphatic heterocycles. The van der Waals surface area contributed by atoms with E-state index in [2.05, 4.69) is 9.84 Å². The van der Waals surface area contributed by atoms with Crippen LogP contribution in [0.5, 0.6) is 5.88 Å². The zero-order chi connectivity index (χ0) is 23.3. The van der Waals surface area contributed by atoms with Crippen molar-refractivity contribution < 1.29 is 23.1 Å². The smallest absolute Gasteiger partial charge is 0.341 e. The minimum absolute atomic E-state index is 0.0327. The number of methoxy groups -OCH3 is 2. The fraction of sp³-hybridized carbons (Fsp3) is 0.182. The molecule has 0 spiro atoms. The Kier molecular flexibility index (Phi) is 5.35. The first-order chi connectivity index (χ1) is 15.2. The average molecular weight is 416 g/mol. The van der Waals surface area contributed by atoms with E-state index in [-0.39, 0.29) is 12.2 Å². The molecule has 0 aliphatic rings. The van der Waals surface area contributed by atoms with Crippen LogP contribution in [0.1, 0.15) is 15.2 Å². The Morgan fingerprint density at radius 2 is 2.00 bits per heavy atom. The lowest BCUT2D eigenvalue weighted by molar-refractivity contribution is -0.133. The molecule has 1 heterocycles. The Bertz CT molecular complexity index is 1120. The van der Waals surface area contributed by atoms with Crippen LogP contribution in [0, 0.1) is 0 Å². The van der Waals surface area contributed by atoms with E-state index in [9.17, 15) is 4.79 Å². The van der Waals surface area contributed by atoms with E-state index in [1.54, 1.807) is 54.2 Å². The SMILES string of the molecule is [2H]C([2H])([2H])OC(=O)/C(=C/OC)c1ccccc1COc1cc(-c2ccc(Cl)cc2)nn1C. The van der Waals surface area contributed by atoms with Gasteiger partial charge in [0, 0.05) is 23.7 Å². The summed E-state index contributed by atoms with van der Waals surface area (Å²) in [7, 11) is 0.238. The highest BCUT2D eigenvalue weighted by molar-refractivity contribution is 6.30. The van der Waals surface area contributed by atoms with Crippen LogP contribution >= 0.6 is 11.6 Å². The van der Waals surface area contributed by atoms with Crippen LogP contribution in [0.3, 0.4) is 0 Å². The van der Waals surface area contributed by atoms with Crippen LogP contribution in [0.2, 0.25) is 5.02 Å². The van der Waals surface area contributed by atoms with Crippen LogP contribution in [0.4, 0.5) is 0 Å². The van der Waals surface area contributed by atoms with Gasteiger partial charge in [-0.25, -0.2) is 9.48 Å². The van der Waals surface area contributed by atoms with Gasteiger partial charge in [0.2, 0.25) is 5.88 Å². The lowest BCUT2D eigenvalue weighted by atomic mass is 10.0. The average Bonchev–Trinajstić information content (AvgIpc) is 3.10. The molecule has 0 atom stereocenters. The van der Waals surface area contributed by atoms with Crippen molar-refractivity contribution in [3.63, 3.8) is 0 Å². The molecule has 0 N–H and O–H groups in total. The first-order valence-electron chi connectivity index (χ1n) is 10.2. The number of carbonyl (C=O) groups is 1. The summed E-state index contributed by atoms with van der Waals surface area (Å²) in [5.74, 6) is -0.517. The number of carbonyl (C=O) groups excluding carboxylic acids is 1. The number of hydrogen-bond acceptors (Lipinski definition) is 5. The molecular weight excluding hydrogens is 392 g/mol. The van der Waals surface area contributed by atoms with E-state index in [1.165, 1.54) is 7.11 Å². The summed E-state index contributed by atoms with van der Waals surface area (Å²) < 4.78 is 38.6. The van der Waals surface area contributed by atoms with Crippen LogP contribution in [-0.4, -0.2) is 29.9 Å². The molecule has 0 saturated carbocycles. The van der Waals surface area contributed by atoms with Gasteiger partial charge in [-0.05, 0) is 23.3 Å². The van der Waals surface area contributed by atoms with Gasteiger partial charge in [-0.15, -0.1) is 0 Å². The second-order valence-electron chi connectivity index (χ2n) is 6.10. The maximum Gasteiger partial charge on any atom is 0.341 e. The molecule has 0 aliphatic carbocycles. The normalized spacial score (nSPS) is 13.2. The zero-order valence-corrected chi connectivity index (χ0v) is 16.6. The van der Waals surface area contributed by atoms with Crippen LogP contribution in [0.25, 0.3) is 16.8 Å². The lowest BCUT2D eigenvalue weighted by Gasteiger charge is -2.12. The molecule has 3 rings (SSSR count). The third-order valence-corrected chi connectivity index (χ3v) is 4.46. The van der Waals surface area contributed by atoms with Crippen molar-refractivity contribution in [3.8, 4) is 17.1 Å². The summed E-state index contributed by atoms with van der Waals surface area (Å²) >= 11 is 5.95. The number of esters is 1. The maximum atomic E-state index is 12.4. The molecule has 0 saturated heterocycles. The predicted molar refractivity (Wildman–Crippen MR) is 111 cm³/mol. The molecule has 0 unspecified atom stereocenters. The largest absolute Gasteiger partial charge is 0.503 e. The molecule has 0 bridgehead atoms. The summed E-state index contributed by atoms with van der Waals surface area (Å²) in [5.41, 5.74) is 2.64. The third kappa shape index (κ3) is 4.78. The number of halogens is 1. The van der Waals surface area contributed by atoms with Gasteiger partial charge < -0.3 is 14.2 Å². The topological polar surface area (TPSA) is 62.6 Å². The summed E-state index contributed by atoms with van der Waals surface area (Å²) in [5, 5.41) is 5.09. The number of ether oxygens (including phenoxy) is 3. The second-order valence-corrected chi connectivity index (χ2v) is 6.54. The molecule has 3 aromatic rings. The van der Waals surface area contributed by atoms with Gasteiger partial charge in [0.05, 0.1) is 30.2 Å². The fourth-order valence-corrected chi connectivity index (χ4v) is 2.93. The second kappa shape index (κ2) is 9.30. The first kappa shape index (κ1) is 16.7. The number of rotatable bonds is 7. The van der Waals surface area contributed by atoms with Gasteiger partial charge in [0.15, 0.2) is 0 Å². The Morgan fingerprint density at radius 1 is 1.24 bits per heavy atom. The molecule has 2 aromatic carbocycles.